The molecule has 0 radical (unpaired) electrons. The van der Waals surface area contributed by atoms with Gasteiger partial charge in [0.05, 0.1) is 0 Å². The van der Waals surface area contributed by atoms with Crippen molar-refractivity contribution in [2.24, 2.45) is 0 Å². The Balaban J connectivity index is 0.00000196. The standard InChI is InChI=1S/C13H21N.ClH/c1-11(2)14(4)12(3)10-13-8-6-5-7-9-13;/h5-9,11-12H,10H2,1-4H3;1H. The van der Waals surface area contributed by atoms with Crippen LogP contribution in [-0.2, 0) is 6.42 Å². The molecule has 0 bridgehead atoms. The van der Waals surface area contributed by atoms with E-state index in [2.05, 4.69) is 63.1 Å². The zero-order chi connectivity index (χ0) is 10.6. The molecule has 0 N–H and O–H groups in total. The topological polar surface area (TPSA) is 3.24 Å². The summed E-state index contributed by atoms with van der Waals surface area (Å²) in [7, 11) is 2.19. The van der Waals surface area contributed by atoms with Crippen molar-refractivity contribution in [3.05, 3.63) is 35.9 Å². The van der Waals surface area contributed by atoms with Crippen LogP contribution in [0, 0.1) is 0 Å². The minimum atomic E-state index is 0. The number of benzene rings is 1. The van der Waals surface area contributed by atoms with Gasteiger partial charge >= 0.3 is 0 Å². The highest BCUT2D eigenvalue weighted by atomic mass is 35.5. The molecule has 15 heavy (non-hydrogen) atoms. The maximum atomic E-state index is 2.41. The molecular formula is C13H22ClN. The lowest BCUT2D eigenvalue weighted by Gasteiger charge is -2.28. The van der Waals surface area contributed by atoms with Gasteiger partial charge in [-0.1, -0.05) is 30.3 Å². The molecule has 0 saturated carbocycles. The van der Waals surface area contributed by atoms with Gasteiger partial charge in [-0.05, 0) is 39.8 Å². The minimum absolute atomic E-state index is 0. The molecule has 0 heterocycles. The smallest absolute Gasteiger partial charge is 0.0107 e. The van der Waals surface area contributed by atoms with E-state index < -0.39 is 0 Å². The maximum Gasteiger partial charge on any atom is 0.0107 e. The van der Waals surface area contributed by atoms with Crippen LogP contribution in [0.3, 0.4) is 0 Å². The average Bonchev–Trinajstić information content (AvgIpc) is 2.18. The third-order valence-corrected chi connectivity index (χ3v) is 2.88. The first-order valence-corrected chi connectivity index (χ1v) is 5.37. The van der Waals surface area contributed by atoms with Crippen molar-refractivity contribution >= 4 is 12.4 Å². The van der Waals surface area contributed by atoms with E-state index in [9.17, 15) is 0 Å². The molecule has 0 aliphatic heterocycles. The number of nitrogens with zero attached hydrogens (tertiary/aromatic N) is 1. The van der Waals surface area contributed by atoms with E-state index in [4.69, 9.17) is 0 Å². The Morgan fingerprint density at radius 3 is 2.07 bits per heavy atom. The highest BCUT2D eigenvalue weighted by molar-refractivity contribution is 5.85. The average molecular weight is 228 g/mol. The van der Waals surface area contributed by atoms with Crippen molar-refractivity contribution in [2.45, 2.75) is 39.3 Å². The monoisotopic (exact) mass is 227 g/mol. The molecule has 0 amide bonds. The Morgan fingerprint density at radius 2 is 1.60 bits per heavy atom. The maximum absolute atomic E-state index is 2.41. The van der Waals surface area contributed by atoms with Crippen LogP contribution in [0.25, 0.3) is 0 Å². The summed E-state index contributed by atoms with van der Waals surface area (Å²) in [6, 6.07) is 11.9. The Morgan fingerprint density at radius 1 is 1.07 bits per heavy atom. The molecule has 1 atom stereocenters. The molecule has 2 heteroatoms. The van der Waals surface area contributed by atoms with Crippen LogP contribution in [-0.4, -0.2) is 24.0 Å². The van der Waals surface area contributed by atoms with Gasteiger partial charge in [0.25, 0.3) is 0 Å². The van der Waals surface area contributed by atoms with E-state index in [-0.39, 0.29) is 12.4 Å². The Kier molecular flexibility index (Phi) is 6.62. The molecule has 0 fully saturated rings. The quantitative estimate of drug-likeness (QED) is 0.763. The van der Waals surface area contributed by atoms with Crippen molar-refractivity contribution < 1.29 is 0 Å². The second-order valence-electron chi connectivity index (χ2n) is 4.30. The zero-order valence-electron chi connectivity index (χ0n) is 10.1. The van der Waals surface area contributed by atoms with Crippen LogP contribution in [0.15, 0.2) is 30.3 Å². The summed E-state index contributed by atoms with van der Waals surface area (Å²) in [5, 5.41) is 0. The molecule has 1 rings (SSSR count). The van der Waals surface area contributed by atoms with Crippen molar-refractivity contribution in [2.75, 3.05) is 7.05 Å². The largest absolute Gasteiger partial charge is 0.301 e. The second kappa shape index (κ2) is 6.86. The van der Waals surface area contributed by atoms with Gasteiger partial charge in [-0.3, -0.25) is 0 Å². The zero-order valence-corrected chi connectivity index (χ0v) is 10.9. The molecule has 1 aromatic carbocycles. The molecule has 1 aromatic rings. The lowest BCUT2D eigenvalue weighted by atomic mass is 10.1. The van der Waals surface area contributed by atoms with Gasteiger partial charge in [0.1, 0.15) is 0 Å². The molecule has 1 unspecified atom stereocenters. The summed E-state index contributed by atoms with van der Waals surface area (Å²) in [4.78, 5) is 2.41. The van der Waals surface area contributed by atoms with E-state index in [0.29, 0.717) is 12.1 Å². The highest BCUT2D eigenvalue weighted by Crippen LogP contribution is 2.09. The Hall–Kier alpha value is -0.530. The van der Waals surface area contributed by atoms with Crippen LogP contribution in [0.4, 0.5) is 0 Å². The summed E-state index contributed by atoms with van der Waals surface area (Å²) in [6.45, 7) is 6.76. The number of hydrogen-bond donors (Lipinski definition) is 0. The molecule has 0 saturated heterocycles. The molecule has 0 aliphatic rings. The Labute approximate surface area is 99.9 Å². The third kappa shape index (κ3) is 4.67. The van der Waals surface area contributed by atoms with Gasteiger partial charge in [-0.15, -0.1) is 12.4 Å². The summed E-state index contributed by atoms with van der Waals surface area (Å²) >= 11 is 0. The first-order chi connectivity index (χ1) is 6.61. The molecule has 0 aliphatic carbocycles. The fourth-order valence-corrected chi connectivity index (χ4v) is 1.61. The third-order valence-electron chi connectivity index (χ3n) is 2.88. The van der Waals surface area contributed by atoms with Gasteiger partial charge in [0, 0.05) is 12.1 Å². The van der Waals surface area contributed by atoms with E-state index in [0.717, 1.165) is 6.42 Å². The first kappa shape index (κ1) is 14.5. The number of likely N-dealkylation sites (N-methyl/N-ethyl adjacent to an activating group) is 1. The van der Waals surface area contributed by atoms with Crippen LogP contribution in [0.1, 0.15) is 26.3 Å². The minimum Gasteiger partial charge on any atom is -0.301 e. The molecule has 0 spiro atoms. The van der Waals surface area contributed by atoms with Crippen molar-refractivity contribution in [3.8, 4) is 0 Å². The van der Waals surface area contributed by atoms with Crippen molar-refractivity contribution in [1.29, 1.82) is 0 Å². The SMILES string of the molecule is CC(C)N(C)C(C)Cc1ccccc1.Cl. The summed E-state index contributed by atoms with van der Waals surface area (Å²) < 4.78 is 0. The van der Waals surface area contributed by atoms with Gasteiger partial charge in [0.15, 0.2) is 0 Å². The van der Waals surface area contributed by atoms with Gasteiger partial charge in [-0.25, -0.2) is 0 Å². The summed E-state index contributed by atoms with van der Waals surface area (Å²) in [5.41, 5.74) is 1.42. The van der Waals surface area contributed by atoms with Crippen molar-refractivity contribution in [1.82, 2.24) is 4.90 Å². The predicted octanol–water partition coefficient (Wildman–Crippen LogP) is 3.38. The lowest BCUT2D eigenvalue weighted by Crippen LogP contribution is -2.36. The molecule has 86 valence electrons. The molecule has 0 aromatic heterocycles. The second-order valence-corrected chi connectivity index (χ2v) is 4.30. The Bertz CT molecular complexity index is 258. The first-order valence-electron chi connectivity index (χ1n) is 5.37. The predicted molar refractivity (Wildman–Crippen MR) is 69.8 cm³/mol. The number of halogens is 1. The van der Waals surface area contributed by atoms with Crippen LogP contribution in [0.5, 0.6) is 0 Å². The number of rotatable bonds is 4. The van der Waals surface area contributed by atoms with Gasteiger partial charge in [0.2, 0.25) is 0 Å². The van der Waals surface area contributed by atoms with E-state index in [1.807, 2.05) is 0 Å². The van der Waals surface area contributed by atoms with Crippen LogP contribution in [0.2, 0.25) is 0 Å². The normalized spacial score (nSPS) is 12.7. The van der Waals surface area contributed by atoms with Crippen molar-refractivity contribution in [3.63, 3.8) is 0 Å². The van der Waals surface area contributed by atoms with E-state index in [1.54, 1.807) is 0 Å². The molecule has 1 nitrogen and oxygen atoms in total. The van der Waals surface area contributed by atoms with Gasteiger partial charge in [-0.2, -0.15) is 0 Å². The fourth-order valence-electron chi connectivity index (χ4n) is 1.61. The summed E-state index contributed by atoms with van der Waals surface area (Å²) in [6.07, 6.45) is 1.13. The number of hydrogen-bond acceptors (Lipinski definition) is 1. The van der Waals surface area contributed by atoms with Gasteiger partial charge < -0.3 is 4.90 Å². The van der Waals surface area contributed by atoms with Crippen LogP contribution >= 0.6 is 12.4 Å². The molecular weight excluding hydrogens is 206 g/mol. The van der Waals surface area contributed by atoms with Crippen LogP contribution < -0.4 is 0 Å². The van der Waals surface area contributed by atoms with E-state index >= 15 is 0 Å². The summed E-state index contributed by atoms with van der Waals surface area (Å²) in [5.74, 6) is 0. The fraction of sp³-hybridized carbons (Fsp3) is 0.538. The lowest BCUT2D eigenvalue weighted by molar-refractivity contribution is 0.207. The van der Waals surface area contributed by atoms with E-state index in [1.165, 1.54) is 5.56 Å². The highest BCUT2D eigenvalue weighted by Gasteiger charge is 2.11.